The fraction of sp³-hybridized carbons (Fsp3) is 0.263. The van der Waals surface area contributed by atoms with Gasteiger partial charge in [-0.2, -0.15) is 0 Å². The number of hydrogen-bond donors (Lipinski definition) is 2. The number of rotatable bonds is 6. The van der Waals surface area contributed by atoms with Gasteiger partial charge < -0.3 is 10.4 Å². The van der Waals surface area contributed by atoms with Crippen molar-refractivity contribution in [1.82, 2.24) is 5.32 Å². The molecule has 0 bridgehead atoms. The number of aliphatic carboxylic acids is 1. The lowest BCUT2D eigenvalue weighted by atomic mass is 9.99. The summed E-state index contributed by atoms with van der Waals surface area (Å²) >= 11 is 0. The van der Waals surface area contributed by atoms with Crippen LogP contribution < -0.4 is 5.32 Å². The quantitative estimate of drug-likeness (QED) is 0.860. The summed E-state index contributed by atoms with van der Waals surface area (Å²) in [6.07, 6.45) is 0.256. The van der Waals surface area contributed by atoms with Gasteiger partial charge in [-0.25, -0.2) is 4.79 Å². The summed E-state index contributed by atoms with van der Waals surface area (Å²) in [6.45, 7) is 4.21. The third-order valence-electron chi connectivity index (χ3n) is 3.73. The summed E-state index contributed by atoms with van der Waals surface area (Å²) in [5.41, 5.74) is 2.54. The number of carbonyl (C=O) groups is 2. The molecular weight excluding hydrogens is 290 g/mol. The Balaban J connectivity index is 2.07. The molecule has 4 heteroatoms. The molecule has 0 aliphatic heterocycles. The lowest BCUT2D eigenvalue weighted by molar-refractivity contribution is -0.139. The Bertz CT molecular complexity index is 663. The highest BCUT2D eigenvalue weighted by molar-refractivity contribution is 5.96. The predicted molar refractivity (Wildman–Crippen MR) is 89.6 cm³/mol. The van der Waals surface area contributed by atoms with Crippen molar-refractivity contribution in [3.63, 3.8) is 0 Å². The third-order valence-corrected chi connectivity index (χ3v) is 3.73. The van der Waals surface area contributed by atoms with Gasteiger partial charge in [0.2, 0.25) is 0 Å². The van der Waals surface area contributed by atoms with E-state index in [1.54, 1.807) is 24.3 Å². The Hall–Kier alpha value is -2.62. The Morgan fingerprint density at radius 2 is 1.61 bits per heavy atom. The Labute approximate surface area is 136 Å². The van der Waals surface area contributed by atoms with Crippen molar-refractivity contribution in [2.45, 2.75) is 32.2 Å². The SMILES string of the molecule is CC(C)c1ccc(C[C@H](NC(=O)c2ccccc2)C(=O)O)cc1. The van der Waals surface area contributed by atoms with Crippen LogP contribution >= 0.6 is 0 Å². The summed E-state index contributed by atoms with van der Waals surface area (Å²) in [5, 5.41) is 11.9. The van der Waals surface area contributed by atoms with Gasteiger partial charge in [0.05, 0.1) is 0 Å². The number of amides is 1. The number of benzene rings is 2. The maximum atomic E-state index is 12.1. The standard InChI is InChI=1S/C19H21NO3/c1-13(2)15-10-8-14(9-11-15)12-17(19(22)23)20-18(21)16-6-4-3-5-7-16/h3-11,13,17H,12H2,1-2H3,(H,20,21)(H,22,23)/t17-/m0/s1. The van der Waals surface area contributed by atoms with Gasteiger partial charge in [0, 0.05) is 12.0 Å². The average Bonchev–Trinajstić information content (AvgIpc) is 2.55. The molecule has 0 unspecified atom stereocenters. The van der Waals surface area contributed by atoms with Gasteiger partial charge in [-0.05, 0) is 29.2 Å². The van der Waals surface area contributed by atoms with Gasteiger partial charge in [-0.15, -0.1) is 0 Å². The second-order valence-corrected chi connectivity index (χ2v) is 5.83. The molecule has 120 valence electrons. The lowest BCUT2D eigenvalue weighted by Crippen LogP contribution is -2.42. The number of carboxylic acids is 1. The molecule has 2 rings (SSSR count). The van der Waals surface area contributed by atoms with Gasteiger partial charge >= 0.3 is 5.97 Å². The van der Waals surface area contributed by atoms with E-state index in [0.717, 1.165) is 5.56 Å². The Morgan fingerprint density at radius 1 is 1.00 bits per heavy atom. The molecule has 0 radical (unpaired) electrons. The molecular formula is C19H21NO3. The van der Waals surface area contributed by atoms with Crippen LogP contribution in [0.3, 0.4) is 0 Å². The summed E-state index contributed by atoms with van der Waals surface area (Å²) in [4.78, 5) is 23.5. The fourth-order valence-corrected chi connectivity index (χ4v) is 2.31. The van der Waals surface area contributed by atoms with Crippen LogP contribution in [0, 0.1) is 0 Å². The van der Waals surface area contributed by atoms with Crippen molar-refractivity contribution in [3.8, 4) is 0 Å². The highest BCUT2D eigenvalue weighted by Gasteiger charge is 2.21. The van der Waals surface area contributed by atoms with Crippen molar-refractivity contribution < 1.29 is 14.7 Å². The zero-order valence-electron chi connectivity index (χ0n) is 13.3. The summed E-state index contributed by atoms with van der Waals surface area (Å²) in [7, 11) is 0. The first-order chi connectivity index (χ1) is 11.0. The van der Waals surface area contributed by atoms with Crippen molar-refractivity contribution in [3.05, 3.63) is 71.3 Å². The van der Waals surface area contributed by atoms with Crippen LogP contribution in [0.2, 0.25) is 0 Å². The molecule has 0 heterocycles. The monoisotopic (exact) mass is 311 g/mol. The topological polar surface area (TPSA) is 66.4 Å². The minimum atomic E-state index is -1.04. The van der Waals surface area contributed by atoms with E-state index < -0.39 is 12.0 Å². The molecule has 4 nitrogen and oxygen atoms in total. The first kappa shape index (κ1) is 16.7. The molecule has 0 fully saturated rings. The third kappa shape index (κ3) is 4.68. The molecule has 0 aliphatic rings. The summed E-state index contributed by atoms with van der Waals surface area (Å²) < 4.78 is 0. The van der Waals surface area contributed by atoms with E-state index in [0.29, 0.717) is 11.5 Å². The molecule has 2 aromatic carbocycles. The van der Waals surface area contributed by atoms with E-state index in [1.807, 2.05) is 30.3 Å². The van der Waals surface area contributed by atoms with Crippen molar-refractivity contribution in [2.75, 3.05) is 0 Å². The highest BCUT2D eigenvalue weighted by Crippen LogP contribution is 2.15. The van der Waals surface area contributed by atoms with Crippen LogP contribution in [0.4, 0.5) is 0 Å². The maximum Gasteiger partial charge on any atom is 0.326 e. The van der Waals surface area contributed by atoms with Crippen molar-refractivity contribution >= 4 is 11.9 Å². The smallest absolute Gasteiger partial charge is 0.326 e. The second-order valence-electron chi connectivity index (χ2n) is 5.83. The molecule has 0 aromatic heterocycles. The minimum absolute atomic E-state index is 0.256. The molecule has 0 saturated carbocycles. The number of nitrogens with one attached hydrogen (secondary N) is 1. The van der Waals surface area contributed by atoms with Crippen LogP contribution in [-0.2, 0) is 11.2 Å². The van der Waals surface area contributed by atoms with Gasteiger partial charge in [0.25, 0.3) is 5.91 Å². The van der Waals surface area contributed by atoms with Gasteiger partial charge in [0.15, 0.2) is 0 Å². The zero-order chi connectivity index (χ0) is 16.8. The highest BCUT2D eigenvalue weighted by atomic mass is 16.4. The Morgan fingerprint density at radius 3 is 2.13 bits per heavy atom. The summed E-state index contributed by atoms with van der Waals surface area (Å²) in [6, 6.07) is 15.5. The number of hydrogen-bond acceptors (Lipinski definition) is 2. The van der Waals surface area contributed by atoms with E-state index in [2.05, 4.69) is 19.2 Å². The molecule has 1 amide bonds. The van der Waals surface area contributed by atoms with Gasteiger partial charge in [0.1, 0.15) is 6.04 Å². The zero-order valence-corrected chi connectivity index (χ0v) is 13.3. The van der Waals surface area contributed by atoms with E-state index in [9.17, 15) is 14.7 Å². The molecule has 1 atom stereocenters. The maximum absolute atomic E-state index is 12.1. The molecule has 0 spiro atoms. The van der Waals surface area contributed by atoms with Gasteiger partial charge in [-0.3, -0.25) is 4.79 Å². The molecule has 2 aromatic rings. The van der Waals surface area contributed by atoms with E-state index in [-0.39, 0.29) is 12.3 Å². The van der Waals surface area contributed by atoms with Crippen LogP contribution in [0.5, 0.6) is 0 Å². The van der Waals surface area contributed by atoms with E-state index in [4.69, 9.17) is 0 Å². The lowest BCUT2D eigenvalue weighted by Gasteiger charge is -2.15. The largest absolute Gasteiger partial charge is 0.480 e. The van der Waals surface area contributed by atoms with Crippen molar-refractivity contribution in [2.24, 2.45) is 0 Å². The Kier molecular flexibility index (Phi) is 5.52. The van der Waals surface area contributed by atoms with Crippen LogP contribution in [-0.4, -0.2) is 23.0 Å². The number of carboxylic acid groups (broad SMARTS) is 1. The fourth-order valence-electron chi connectivity index (χ4n) is 2.31. The molecule has 2 N–H and O–H groups in total. The first-order valence-corrected chi connectivity index (χ1v) is 7.65. The molecule has 0 saturated heterocycles. The normalized spacial score (nSPS) is 12.0. The average molecular weight is 311 g/mol. The van der Waals surface area contributed by atoms with Crippen LogP contribution in [0.25, 0.3) is 0 Å². The minimum Gasteiger partial charge on any atom is -0.480 e. The van der Waals surface area contributed by atoms with Crippen LogP contribution in [0.15, 0.2) is 54.6 Å². The summed E-state index contributed by atoms with van der Waals surface area (Å²) in [5.74, 6) is -0.990. The van der Waals surface area contributed by atoms with Gasteiger partial charge in [-0.1, -0.05) is 56.3 Å². The molecule has 23 heavy (non-hydrogen) atoms. The number of carbonyl (C=O) groups excluding carboxylic acids is 1. The van der Waals surface area contributed by atoms with Crippen molar-refractivity contribution in [1.29, 1.82) is 0 Å². The van der Waals surface area contributed by atoms with E-state index in [1.165, 1.54) is 5.56 Å². The first-order valence-electron chi connectivity index (χ1n) is 7.65. The predicted octanol–water partition coefficient (Wildman–Crippen LogP) is 3.24. The van der Waals surface area contributed by atoms with Crippen LogP contribution in [0.1, 0.15) is 41.3 Å². The van der Waals surface area contributed by atoms with E-state index >= 15 is 0 Å². The molecule has 0 aliphatic carbocycles. The second kappa shape index (κ2) is 7.58.